The lowest BCUT2D eigenvalue weighted by atomic mass is 9.87. The molecule has 152 valence electrons. The Labute approximate surface area is 163 Å². The smallest absolute Gasteiger partial charge is 0.170 e. The van der Waals surface area contributed by atoms with Crippen LogP contribution in [-0.4, -0.2) is 28.2 Å². The lowest BCUT2D eigenvalue weighted by Gasteiger charge is -2.35. The van der Waals surface area contributed by atoms with E-state index < -0.39 is 5.60 Å². The molecule has 4 heteroatoms. The number of Topliss-reactive ketones (excluding diaryl/α,β-unsaturated/α-hetero) is 1. The molecule has 4 nitrogen and oxygen atoms in total. The van der Waals surface area contributed by atoms with Crippen molar-refractivity contribution >= 4 is 5.78 Å². The Bertz CT molecular complexity index is 584. The molecule has 1 unspecified atom stereocenters. The summed E-state index contributed by atoms with van der Waals surface area (Å²) in [7, 11) is 0. The molecule has 0 aliphatic carbocycles. The Morgan fingerprint density at radius 2 is 1.48 bits per heavy atom. The Kier molecular flexibility index (Phi) is 9.12. The molecule has 1 aliphatic heterocycles. The van der Waals surface area contributed by atoms with E-state index in [0.717, 1.165) is 25.7 Å². The quantitative estimate of drug-likeness (QED) is 0.428. The maximum Gasteiger partial charge on any atom is 0.170 e. The molecule has 27 heavy (non-hydrogen) atoms. The van der Waals surface area contributed by atoms with E-state index in [0.29, 0.717) is 24.3 Å². The highest BCUT2D eigenvalue weighted by Crippen LogP contribution is 2.37. The largest absolute Gasteiger partial charge is 0.508 e. The van der Waals surface area contributed by atoms with Crippen LogP contribution in [-0.2, 0) is 0 Å². The summed E-state index contributed by atoms with van der Waals surface area (Å²) in [5, 5.41) is 18.3. The number of rotatable bonds is 13. The van der Waals surface area contributed by atoms with E-state index in [2.05, 4.69) is 0 Å². The molecule has 1 aromatic carbocycles. The summed E-state index contributed by atoms with van der Waals surface area (Å²) in [6.07, 6.45) is 14.7. The van der Waals surface area contributed by atoms with Gasteiger partial charge < -0.3 is 14.9 Å². The number of aliphatic hydroxyl groups is 1. The topological polar surface area (TPSA) is 66.8 Å². The minimum absolute atomic E-state index is 0.0636. The zero-order valence-corrected chi connectivity index (χ0v) is 16.8. The number of carbonyl (C=O) groups is 1. The Hall–Kier alpha value is -1.55. The number of unbranched alkanes of at least 4 members (excludes halogenated alkanes) is 10. The van der Waals surface area contributed by atoms with E-state index in [1.165, 1.54) is 57.4 Å². The molecule has 0 radical (unpaired) electrons. The normalized spacial score (nSPS) is 19.0. The summed E-state index contributed by atoms with van der Waals surface area (Å²) >= 11 is 0. The fraction of sp³-hybridized carbons (Fsp3) is 0.696. The maximum absolute atomic E-state index is 12.4. The summed E-state index contributed by atoms with van der Waals surface area (Å²) in [6.45, 7) is 2.35. The van der Waals surface area contributed by atoms with Gasteiger partial charge in [-0.1, -0.05) is 57.8 Å². The second-order valence-corrected chi connectivity index (χ2v) is 8.20. The van der Waals surface area contributed by atoms with E-state index in [1.807, 2.05) is 6.92 Å². The molecule has 0 amide bonds. The van der Waals surface area contributed by atoms with Gasteiger partial charge in [-0.2, -0.15) is 0 Å². The molecule has 1 aromatic rings. The van der Waals surface area contributed by atoms with E-state index in [9.17, 15) is 9.90 Å². The van der Waals surface area contributed by atoms with Gasteiger partial charge in [-0.15, -0.1) is 0 Å². The summed E-state index contributed by atoms with van der Waals surface area (Å²) < 4.78 is 6.10. The van der Waals surface area contributed by atoms with Crippen LogP contribution in [0.2, 0.25) is 0 Å². The molecule has 1 atom stereocenters. The molecule has 0 saturated heterocycles. The number of ketones is 1. The average Bonchev–Trinajstić information content (AvgIpc) is 2.63. The van der Waals surface area contributed by atoms with Crippen molar-refractivity contribution < 1.29 is 19.7 Å². The Balaban J connectivity index is 1.55. The lowest BCUT2D eigenvalue weighted by Crippen LogP contribution is -2.39. The van der Waals surface area contributed by atoms with Crippen LogP contribution in [0.1, 0.15) is 101 Å². The van der Waals surface area contributed by atoms with Crippen LogP contribution in [0.5, 0.6) is 11.5 Å². The molecule has 0 saturated carbocycles. The SMILES string of the molecule is CC1(CCCCCCCCCCCCCO)CC(=O)c2cc(O)ccc2O1. The summed E-state index contributed by atoms with van der Waals surface area (Å²) in [5.41, 5.74) is 0.0825. The van der Waals surface area contributed by atoms with Crippen molar-refractivity contribution in [3.63, 3.8) is 0 Å². The molecular formula is C23H36O4. The summed E-state index contributed by atoms with van der Waals surface area (Å²) in [4.78, 5) is 12.4. The van der Waals surface area contributed by atoms with Gasteiger partial charge in [-0.05, 0) is 44.4 Å². The van der Waals surface area contributed by atoms with Crippen LogP contribution in [0.15, 0.2) is 18.2 Å². The second kappa shape index (κ2) is 11.3. The number of carbonyl (C=O) groups excluding carboxylic acids is 1. The first-order valence-electron chi connectivity index (χ1n) is 10.7. The van der Waals surface area contributed by atoms with Gasteiger partial charge in [0.2, 0.25) is 0 Å². The zero-order valence-electron chi connectivity index (χ0n) is 16.8. The predicted molar refractivity (Wildman–Crippen MR) is 109 cm³/mol. The molecule has 2 N–H and O–H groups in total. The van der Waals surface area contributed by atoms with Gasteiger partial charge >= 0.3 is 0 Å². The zero-order chi connectivity index (χ0) is 19.5. The van der Waals surface area contributed by atoms with Crippen LogP contribution in [0.3, 0.4) is 0 Å². The lowest BCUT2D eigenvalue weighted by molar-refractivity contribution is 0.0452. The van der Waals surface area contributed by atoms with Gasteiger partial charge in [0.05, 0.1) is 12.0 Å². The Morgan fingerprint density at radius 3 is 2.07 bits per heavy atom. The number of phenolic OH excluding ortho intramolecular Hbond substituents is 1. The summed E-state index contributed by atoms with van der Waals surface area (Å²) in [6, 6.07) is 4.78. The van der Waals surface area contributed by atoms with Crippen LogP contribution in [0.4, 0.5) is 0 Å². The fourth-order valence-corrected chi connectivity index (χ4v) is 3.90. The van der Waals surface area contributed by atoms with E-state index in [-0.39, 0.29) is 11.5 Å². The molecule has 1 aliphatic rings. The van der Waals surface area contributed by atoms with Crippen LogP contribution in [0.25, 0.3) is 0 Å². The Morgan fingerprint density at radius 1 is 0.926 bits per heavy atom. The number of hydrogen-bond donors (Lipinski definition) is 2. The number of fused-ring (bicyclic) bond motifs is 1. The first kappa shape index (κ1) is 21.7. The van der Waals surface area contributed by atoms with Crippen molar-refractivity contribution in [3.8, 4) is 11.5 Å². The van der Waals surface area contributed by atoms with Crippen molar-refractivity contribution in [3.05, 3.63) is 23.8 Å². The van der Waals surface area contributed by atoms with Crippen molar-refractivity contribution in [2.45, 2.75) is 96.0 Å². The highest BCUT2D eigenvalue weighted by atomic mass is 16.5. The van der Waals surface area contributed by atoms with Crippen LogP contribution < -0.4 is 4.74 Å². The van der Waals surface area contributed by atoms with E-state index in [1.54, 1.807) is 12.1 Å². The third-order valence-corrected chi connectivity index (χ3v) is 5.52. The minimum atomic E-state index is -0.421. The van der Waals surface area contributed by atoms with E-state index >= 15 is 0 Å². The van der Waals surface area contributed by atoms with Gasteiger partial charge in [0.1, 0.15) is 17.1 Å². The van der Waals surface area contributed by atoms with E-state index in [4.69, 9.17) is 9.84 Å². The van der Waals surface area contributed by atoms with Gasteiger partial charge in [0, 0.05) is 6.61 Å². The average molecular weight is 377 g/mol. The number of aliphatic hydroxyl groups excluding tert-OH is 1. The summed E-state index contributed by atoms with van der Waals surface area (Å²) in [5.74, 6) is 0.777. The van der Waals surface area contributed by atoms with Gasteiger partial charge in [-0.25, -0.2) is 0 Å². The maximum atomic E-state index is 12.4. The molecule has 0 spiro atoms. The molecule has 2 rings (SSSR count). The second-order valence-electron chi connectivity index (χ2n) is 8.20. The fourth-order valence-electron chi connectivity index (χ4n) is 3.90. The number of benzene rings is 1. The van der Waals surface area contributed by atoms with Crippen molar-refractivity contribution in [1.82, 2.24) is 0 Å². The van der Waals surface area contributed by atoms with Crippen molar-refractivity contribution in [1.29, 1.82) is 0 Å². The molecule has 0 fully saturated rings. The van der Waals surface area contributed by atoms with Crippen LogP contribution in [0, 0.1) is 0 Å². The minimum Gasteiger partial charge on any atom is -0.508 e. The molecule has 0 aromatic heterocycles. The van der Waals surface area contributed by atoms with Gasteiger partial charge in [-0.3, -0.25) is 4.79 Å². The third-order valence-electron chi connectivity index (χ3n) is 5.52. The highest BCUT2D eigenvalue weighted by Gasteiger charge is 2.36. The van der Waals surface area contributed by atoms with Crippen molar-refractivity contribution in [2.75, 3.05) is 6.61 Å². The third kappa shape index (κ3) is 7.53. The van der Waals surface area contributed by atoms with Gasteiger partial charge in [0.15, 0.2) is 5.78 Å². The van der Waals surface area contributed by atoms with Crippen LogP contribution >= 0.6 is 0 Å². The van der Waals surface area contributed by atoms with Gasteiger partial charge in [0.25, 0.3) is 0 Å². The number of aromatic hydroxyl groups is 1. The number of hydrogen-bond acceptors (Lipinski definition) is 4. The standard InChI is InChI=1S/C23H36O4/c1-23(18-21(26)20-17-19(25)13-14-22(20)27-23)15-11-9-7-5-3-2-4-6-8-10-12-16-24/h13-14,17,24-25H,2-12,15-16,18H2,1H3. The monoisotopic (exact) mass is 376 g/mol. The number of phenols is 1. The highest BCUT2D eigenvalue weighted by molar-refractivity contribution is 6.00. The molecule has 1 heterocycles. The number of ether oxygens (including phenoxy) is 1. The molecular weight excluding hydrogens is 340 g/mol. The first-order valence-corrected chi connectivity index (χ1v) is 10.7. The predicted octanol–water partition coefficient (Wildman–Crippen LogP) is 5.79. The van der Waals surface area contributed by atoms with Crippen molar-refractivity contribution in [2.24, 2.45) is 0 Å². The first-order chi connectivity index (χ1) is 13.0. The molecule has 0 bridgehead atoms.